The molecule has 0 atom stereocenters. The Morgan fingerprint density at radius 3 is 2.68 bits per heavy atom. The van der Waals surface area contributed by atoms with Crippen LogP contribution in [-0.2, 0) is 6.42 Å². The van der Waals surface area contributed by atoms with Gasteiger partial charge in [0.1, 0.15) is 5.82 Å². The summed E-state index contributed by atoms with van der Waals surface area (Å²) in [4.78, 5) is 4.51. The van der Waals surface area contributed by atoms with Crippen molar-refractivity contribution in [3.05, 3.63) is 48.0 Å². The van der Waals surface area contributed by atoms with Crippen molar-refractivity contribution in [2.45, 2.75) is 13.3 Å². The van der Waals surface area contributed by atoms with Crippen molar-refractivity contribution in [3.63, 3.8) is 0 Å². The number of thioether (sulfide) groups is 1. The predicted octanol–water partition coefficient (Wildman–Crippen LogP) is 3.09. The molecule has 5 nitrogen and oxygen atoms in total. The molecule has 1 heterocycles. The van der Waals surface area contributed by atoms with Gasteiger partial charge >= 0.3 is 0 Å². The van der Waals surface area contributed by atoms with Crippen LogP contribution in [0.5, 0.6) is 0 Å². The van der Waals surface area contributed by atoms with E-state index in [1.807, 2.05) is 12.3 Å². The normalized spacial score (nSPS) is 11.1. The highest BCUT2D eigenvalue weighted by atomic mass is 127. The van der Waals surface area contributed by atoms with E-state index < -0.39 is 0 Å². The first kappa shape index (κ1) is 21.8. The van der Waals surface area contributed by atoms with E-state index in [9.17, 15) is 4.39 Å². The molecule has 0 spiro atoms. The van der Waals surface area contributed by atoms with E-state index >= 15 is 0 Å². The number of nitrogens with one attached hydrogen (secondary N) is 2. The van der Waals surface area contributed by atoms with Crippen LogP contribution in [0.2, 0.25) is 0 Å². The fraction of sp³-hybridized carbons (Fsp3) is 0.412. The number of hydrogen-bond donors (Lipinski definition) is 2. The van der Waals surface area contributed by atoms with Crippen LogP contribution in [0.25, 0.3) is 5.69 Å². The smallest absolute Gasteiger partial charge is 0.191 e. The SMILES string of the molecule is CCNC(=NCCSC)NCCc1ccn(-c2ccc(F)cc2)n1.I. The maximum absolute atomic E-state index is 13.0. The molecule has 0 amide bonds. The third-order valence-corrected chi connectivity index (χ3v) is 3.91. The maximum Gasteiger partial charge on any atom is 0.191 e. The number of benzene rings is 1. The summed E-state index contributed by atoms with van der Waals surface area (Å²) in [5.74, 6) is 1.61. The molecule has 2 aromatic rings. The van der Waals surface area contributed by atoms with Crippen molar-refractivity contribution in [2.24, 2.45) is 4.99 Å². The van der Waals surface area contributed by atoms with Gasteiger partial charge in [-0.25, -0.2) is 9.07 Å². The third kappa shape index (κ3) is 7.64. The highest BCUT2D eigenvalue weighted by Gasteiger charge is 2.03. The molecule has 0 bridgehead atoms. The molecule has 25 heavy (non-hydrogen) atoms. The van der Waals surface area contributed by atoms with E-state index in [1.54, 1.807) is 28.6 Å². The quantitative estimate of drug-likeness (QED) is 0.266. The van der Waals surface area contributed by atoms with Crippen molar-refractivity contribution in [1.29, 1.82) is 0 Å². The highest BCUT2D eigenvalue weighted by Crippen LogP contribution is 2.09. The highest BCUT2D eigenvalue weighted by molar-refractivity contribution is 14.0. The molecule has 2 N–H and O–H groups in total. The number of rotatable bonds is 8. The van der Waals surface area contributed by atoms with Gasteiger partial charge in [0.2, 0.25) is 0 Å². The minimum atomic E-state index is -0.243. The number of aliphatic imine (C=N–C) groups is 1. The van der Waals surface area contributed by atoms with Crippen molar-refractivity contribution in [1.82, 2.24) is 20.4 Å². The summed E-state index contributed by atoms with van der Waals surface area (Å²) in [7, 11) is 0. The summed E-state index contributed by atoms with van der Waals surface area (Å²) in [5, 5.41) is 11.1. The lowest BCUT2D eigenvalue weighted by Gasteiger charge is -2.10. The van der Waals surface area contributed by atoms with E-state index in [-0.39, 0.29) is 29.8 Å². The van der Waals surface area contributed by atoms with E-state index in [4.69, 9.17) is 0 Å². The van der Waals surface area contributed by atoms with Crippen LogP contribution in [0, 0.1) is 5.82 Å². The molecule has 0 aliphatic carbocycles. The van der Waals surface area contributed by atoms with E-state index in [0.717, 1.165) is 49.1 Å². The first-order valence-electron chi connectivity index (χ1n) is 8.04. The van der Waals surface area contributed by atoms with Gasteiger partial charge in [0, 0.05) is 31.5 Å². The van der Waals surface area contributed by atoms with Crippen molar-refractivity contribution < 1.29 is 4.39 Å². The molecule has 0 aliphatic rings. The Morgan fingerprint density at radius 2 is 2.00 bits per heavy atom. The molecule has 0 radical (unpaired) electrons. The first-order valence-corrected chi connectivity index (χ1v) is 9.44. The van der Waals surface area contributed by atoms with Gasteiger partial charge in [-0.1, -0.05) is 0 Å². The van der Waals surface area contributed by atoms with E-state index in [2.05, 4.69) is 33.9 Å². The Bertz CT molecular complexity index is 645. The molecule has 2 rings (SSSR count). The molecule has 0 unspecified atom stereocenters. The van der Waals surface area contributed by atoms with Crippen LogP contribution >= 0.6 is 35.7 Å². The van der Waals surface area contributed by atoms with Crippen LogP contribution in [-0.4, -0.2) is 47.4 Å². The van der Waals surface area contributed by atoms with Crippen LogP contribution in [0.3, 0.4) is 0 Å². The first-order chi connectivity index (χ1) is 11.7. The molecule has 1 aromatic carbocycles. The second kappa shape index (κ2) is 12.1. The van der Waals surface area contributed by atoms with Crippen LogP contribution < -0.4 is 10.6 Å². The fourth-order valence-corrected chi connectivity index (χ4v) is 2.41. The zero-order valence-corrected chi connectivity index (χ0v) is 17.7. The zero-order valence-electron chi connectivity index (χ0n) is 14.5. The molecule has 0 saturated carbocycles. The van der Waals surface area contributed by atoms with Crippen molar-refractivity contribution >= 4 is 41.7 Å². The summed E-state index contributed by atoms with van der Waals surface area (Å²) in [6, 6.07) is 8.28. The second-order valence-electron chi connectivity index (χ2n) is 5.16. The number of nitrogens with zero attached hydrogens (tertiary/aromatic N) is 3. The maximum atomic E-state index is 13.0. The van der Waals surface area contributed by atoms with Gasteiger partial charge < -0.3 is 10.6 Å². The summed E-state index contributed by atoms with van der Waals surface area (Å²) in [6.07, 6.45) is 4.76. The van der Waals surface area contributed by atoms with Crippen molar-refractivity contribution in [3.8, 4) is 5.69 Å². The number of aromatic nitrogens is 2. The van der Waals surface area contributed by atoms with Crippen LogP contribution in [0.15, 0.2) is 41.5 Å². The lowest BCUT2D eigenvalue weighted by Crippen LogP contribution is -2.38. The monoisotopic (exact) mass is 477 g/mol. The molecule has 8 heteroatoms. The zero-order chi connectivity index (χ0) is 17.2. The summed E-state index contributed by atoms with van der Waals surface area (Å²) < 4.78 is 14.7. The van der Waals surface area contributed by atoms with Gasteiger partial charge in [-0.2, -0.15) is 16.9 Å². The fourth-order valence-electron chi connectivity index (χ4n) is 2.13. The Kier molecular flexibility index (Phi) is 10.6. The lowest BCUT2D eigenvalue weighted by atomic mass is 10.3. The van der Waals surface area contributed by atoms with Crippen molar-refractivity contribution in [2.75, 3.05) is 31.6 Å². The molecule has 0 aliphatic heterocycles. The average Bonchev–Trinajstić information content (AvgIpc) is 3.04. The van der Waals surface area contributed by atoms with Gasteiger partial charge in [0.15, 0.2) is 5.96 Å². The van der Waals surface area contributed by atoms with Gasteiger partial charge in [-0.15, -0.1) is 24.0 Å². The number of hydrogen-bond acceptors (Lipinski definition) is 3. The minimum absolute atomic E-state index is 0. The van der Waals surface area contributed by atoms with Gasteiger partial charge in [0.25, 0.3) is 0 Å². The van der Waals surface area contributed by atoms with E-state index in [1.165, 1.54) is 12.1 Å². The Balaban J connectivity index is 0.00000312. The summed E-state index contributed by atoms with van der Waals surface area (Å²) in [5.41, 5.74) is 1.83. The molecule has 0 saturated heterocycles. The second-order valence-corrected chi connectivity index (χ2v) is 6.14. The predicted molar refractivity (Wildman–Crippen MR) is 115 cm³/mol. The largest absolute Gasteiger partial charge is 0.357 e. The van der Waals surface area contributed by atoms with Gasteiger partial charge in [-0.05, 0) is 43.5 Å². The Labute approximate surface area is 169 Å². The Morgan fingerprint density at radius 1 is 1.24 bits per heavy atom. The molecular weight excluding hydrogens is 452 g/mol. The molecule has 1 aromatic heterocycles. The number of halogens is 2. The van der Waals surface area contributed by atoms with E-state index in [0.29, 0.717) is 0 Å². The topological polar surface area (TPSA) is 54.2 Å². The average molecular weight is 477 g/mol. The Hall–Kier alpha value is -1.29. The molecular formula is C17H25FIN5S. The standard InChI is InChI=1S/C17H24FN5S.HI/c1-3-19-17(21-11-13-24-2)20-10-8-15-9-12-23(22-15)16-6-4-14(18)5-7-16;/h4-7,9,12H,3,8,10-11,13H2,1-2H3,(H2,19,20,21);1H. The van der Waals surface area contributed by atoms with Crippen LogP contribution in [0.4, 0.5) is 4.39 Å². The summed E-state index contributed by atoms with van der Waals surface area (Å²) >= 11 is 1.79. The van der Waals surface area contributed by atoms with Crippen LogP contribution in [0.1, 0.15) is 12.6 Å². The van der Waals surface area contributed by atoms with Gasteiger partial charge in [0.05, 0.1) is 17.9 Å². The molecule has 0 fully saturated rings. The lowest BCUT2D eigenvalue weighted by molar-refractivity contribution is 0.627. The minimum Gasteiger partial charge on any atom is -0.357 e. The number of guanidine groups is 1. The summed E-state index contributed by atoms with van der Waals surface area (Å²) in [6.45, 7) is 4.45. The third-order valence-electron chi connectivity index (χ3n) is 3.32. The molecule has 138 valence electrons. The van der Waals surface area contributed by atoms with Gasteiger partial charge in [-0.3, -0.25) is 4.99 Å².